The second kappa shape index (κ2) is 3.59. The number of hydrogen-bond acceptors (Lipinski definition) is 3. The largest absolute Gasteiger partial charge is 0.488 e. The Balaban J connectivity index is 1.75. The molecular formula is C11H10FN3O. The lowest BCUT2D eigenvalue weighted by Crippen LogP contribution is -2.20. The van der Waals surface area contributed by atoms with Gasteiger partial charge in [0.2, 0.25) is 0 Å². The van der Waals surface area contributed by atoms with Crippen LogP contribution in [-0.4, -0.2) is 20.9 Å². The molecule has 1 atom stereocenters. The summed E-state index contributed by atoms with van der Waals surface area (Å²) in [6, 6.07) is 4.61. The predicted octanol–water partition coefficient (Wildman–Crippen LogP) is 1.42. The fourth-order valence-electron chi connectivity index (χ4n) is 1.93. The summed E-state index contributed by atoms with van der Waals surface area (Å²) in [6.07, 6.45) is 3.86. The van der Waals surface area contributed by atoms with Gasteiger partial charge in [-0.05, 0) is 18.2 Å². The first-order valence-electron chi connectivity index (χ1n) is 5.09. The molecule has 3 rings (SSSR count). The van der Waals surface area contributed by atoms with Crippen LogP contribution < -0.4 is 4.74 Å². The summed E-state index contributed by atoms with van der Waals surface area (Å²) in [5.41, 5.74) is 0.921. The molecule has 0 radical (unpaired) electrons. The Morgan fingerprint density at radius 1 is 1.50 bits per heavy atom. The Bertz CT molecular complexity index is 498. The third kappa shape index (κ3) is 1.64. The van der Waals surface area contributed by atoms with Crippen molar-refractivity contribution >= 4 is 0 Å². The van der Waals surface area contributed by atoms with Crippen molar-refractivity contribution in [3.63, 3.8) is 0 Å². The van der Waals surface area contributed by atoms with Gasteiger partial charge in [-0.1, -0.05) is 0 Å². The molecule has 0 amide bonds. The molecule has 2 heterocycles. The number of benzene rings is 1. The maximum Gasteiger partial charge on any atom is 0.137 e. The van der Waals surface area contributed by atoms with E-state index in [1.165, 1.54) is 18.5 Å². The van der Waals surface area contributed by atoms with Gasteiger partial charge >= 0.3 is 0 Å². The summed E-state index contributed by atoms with van der Waals surface area (Å²) >= 11 is 0. The van der Waals surface area contributed by atoms with Gasteiger partial charge in [0.25, 0.3) is 0 Å². The molecule has 1 aromatic carbocycles. The van der Waals surface area contributed by atoms with Gasteiger partial charge in [-0.2, -0.15) is 5.10 Å². The second-order valence-electron chi connectivity index (χ2n) is 3.81. The van der Waals surface area contributed by atoms with E-state index in [9.17, 15) is 4.39 Å². The van der Waals surface area contributed by atoms with Crippen molar-refractivity contribution in [2.24, 2.45) is 0 Å². The molecule has 0 N–H and O–H groups in total. The van der Waals surface area contributed by atoms with E-state index < -0.39 is 0 Å². The van der Waals surface area contributed by atoms with Gasteiger partial charge in [-0.25, -0.2) is 14.1 Å². The normalized spacial score (nSPS) is 18.2. The van der Waals surface area contributed by atoms with Crippen molar-refractivity contribution in [2.75, 3.05) is 0 Å². The van der Waals surface area contributed by atoms with E-state index in [0.717, 1.165) is 11.3 Å². The van der Waals surface area contributed by atoms with Crippen LogP contribution in [0.5, 0.6) is 5.75 Å². The van der Waals surface area contributed by atoms with Crippen LogP contribution >= 0.6 is 0 Å². The van der Waals surface area contributed by atoms with E-state index in [4.69, 9.17) is 4.74 Å². The first-order valence-corrected chi connectivity index (χ1v) is 5.09. The smallest absolute Gasteiger partial charge is 0.137 e. The van der Waals surface area contributed by atoms with Crippen molar-refractivity contribution in [1.29, 1.82) is 0 Å². The van der Waals surface area contributed by atoms with E-state index in [-0.39, 0.29) is 11.9 Å². The number of fused-ring (bicyclic) bond motifs is 1. The van der Waals surface area contributed by atoms with Crippen molar-refractivity contribution in [1.82, 2.24) is 14.8 Å². The van der Waals surface area contributed by atoms with Gasteiger partial charge in [0.1, 0.15) is 30.3 Å². The number of rotatable bonds is 2. The molecule has 4 nitrogen and oxygen atoms in total. The average molecular weight is 219 g/mol. The Morgan fingerprint density at radius 2 is 2.44 bits per heavy atom. The number of halogens is 1. The molecule has 0 saturated heterocycles. The summed E-state index contributed by atoms with van der Waals surface area (Å²) in [7, 11) is 0. The molecule has 1 aliphatic heterocycles. The zero-order valence-electron chi connectivity index (χ0n) is 8.51. The lowest BCUT2D eigenvalue weighted by Gasteiger charge is -2.09. The summed E-state index contributed by atoms with van der Waals surface area (Å²) in [6.45, 7) is 0.635. The van der Waals surface area contributed by atoms with Gasteiger partial charge in [-0.15, -0.1) is 0 Å². The SMILES string of the molecule is Fc1ccc2c(c1)CC(Cn1cncn1)O2. The summed E-state index contributed by atoms with van der Waals surface area (Å²) in [4.78, 5) is 3.86. The van der Waals surface area contributed by atoms with Gasteiger partial charge in [0.05, 0.1) is 6.54 Å². The first-order chi connectivity index (χ1) is 7.81. The molecule has 0 bridgehead atoms. The highest BCUT2D eigenvalue weighted by atomic mass is 19.1. The fraction of sp³-hybridized carbons (Fsp3) is 0.273. The topological polar surface area (TPSA) is 39.9 Å². The van der Waals surface area contributed by atoms with Crippen molar-refractivity contribution in [3.8, 4) is 5.75 Å². The monoisotopic (exact) mass is 219 g/mol. The summed E-state index contributed by atoms with van der Waals surface area (Å²) in [5, 5.41) is 4.01. The van der Waals surface area contributed by atoms with Crippen LogP contribution in [-0.2, 0) is 13.0 Å². The molecule has 0 saturated carbocycles. The van der Waals surface area contributed by atoms with E-state index >= 15 is 0 Å². The first kappa shape index (κ1) is 9.33. The van der Waals surface area contributed by atoms with Crippen LogP contribution in [0.2, 0.25) is 0 Å². The number of ether oxygens (including phenoxy) is 1. The Labute approximate surface area is 91.7 Å². The lowest BCUT2D eigenvalue weighted by molar-refractivity contribution is 0.203. The molecule has 0 aliphatic carbocycles. The maximum absolute atomic E-state index is 13.0. The zero-order valence-corrected chi connectivity index (χ0v) is 8.51. The van der Waals surface area contributed by atoms with E-state index in [2.05, 4.69) is 10.1 Å². The average Bonchev–Trinajstić information content (AvgIpc) is 2.86. The minimum absolute atomic E-state index is 0.0125. The fourth-order valence-corrected chi connectivity index (χ4v) is 1.93. The number of aromatic nitrogens is 3. The predicted molar refractivity (Wildman–Crippen MR) is 54.5 cm³/mol. The molecule has 1 unspecified atom stereocenters. The summed E-state index contributed by atoms with van der Waals surface area (Å²) in [5.74, 6) is 0.551. The standard InChI is InChI=1S/C11H10FN3O/c12-9-1-2-11-8(3-9)4-10(16-11)5-15-7-13-6-14-15/h1-3,6-7,10H,4-5H2. The van der Waals surface area contributed by atoms with Crippen molar-refractivity contribution in [3.05, 3.63) is 42.2 Å². The molecule has 0 fully saturated rings. The Morgan fingerprint density at radius 3 is 3.25 bits per heavy atom. The third-order valence-corrected chi connectivity index (χ3v) is 2.62. The minimum Gasteiger partial charge on any atom is -0.488 e. The molecular weight excluding hydrogens is 209 g/mol. The van der Waals surface area contributed by atoms with Crippen LogP contribution in [0.3, 0.4) is 0 Å². The van der Waals surface area contributed by atoms with Crippen LogP contribution in [0.4, 0.5) is 4.39 Å². The van der Waals surface area contributed by atoms with Crippen LogP contribution in [0.25, 0.3) is 0 Å². The quantitative estimate of drug-likeness (QED) is 0.766. The molecule has 0 spiro atoms. The molecule has 2 aromatic rings. The molecule has 82 valence electrons. The van der Waals surface area contributed by atoms with Gasteiger partial charge in [-0.3, -0.25) is 0 Å². The number of hydrogen-bond donors (Lipinski definition) is 0. The minimum atomic E-state index is -0.219. The van der Waals surface area contributed by atoms with Gasteiger partial charge < -0.3 is 4.74 Å². The van der Waals surface area contributed by atoms with Gasteiger partial charge in [0.15, 0.2) is 0 Å². The maximum atomic E-state index is 13.0. The molecule has 1 aromatic heterocycles. The highest BCUT2D eigenvalue weighted by Gasteiger charge is 2.23. The molecule has 5 heteroatoms. The number of nitrogens with zero attached hydrogens (tertiary/aromatic N) is 3. The van der Waals surface area contributed by atoms with Crippen molar-refractivity contribution in [2.45, 2.75) is 19.1 Å². The van der Waals surface area contributed by atoms with E-state index in [1.807, 2.05) is 0 Å². The molecule has 1 aliphatic rings. The van der Waals surface area contributed by atoms with Crippen LogP contribution in [0, 0.1) is 5.82 Å². The zero-order chi connectivity index (χ0) is 11.0. The summed E-state index contributed by atoms with van der Waals surface area (Å²) < 4.78 is 20.4. The lowest BCUT2D eigenvalue weighted by atomic mass is 10.1. The highest BCUT2D eigenvalue weighted by Crippen LogP contribution is 2.29. The molecule has 16 heavy (non-hydrogen) atoms. The van der Waals surface area contributed by atoms with Crippen LogP contribution in [0.1, 0.15) is 5.56 Å². The second-order valence-corrected chi connectivity index (χ2v) is 3.81. The highest BCUT2D eigenvalue weighted by molar-refractivity contribution is 5.37. The van der Waals surface area contributed by atoms with Crippen LogP contribution in [0.15, 0.2) is 30.9 Å². The third-order valence-electron chi connectivity index (χ3n) is 2.62. The Hall–Kier alpha value is -1.91. The van der Waals surface area contributed by atoms with Gasteiger partial charge in [0, 0.05) is 12.0 Å². The van der Waals surface area contributed by atoms with Crippen molar-refractivity contribution < 1.29 is 9.13 Å². The van der Waals surface area contributed by atoms with E-state index in [1.54, 1.807) is 17.1 Å². The Kier molecular flexibility index (Phi) is 2.09. The van der Waals surface area contributed by atoms with E-state index in [0.29, 0.717) is 13.0 Å².